The molecular weight excluding hydrogens is 458 g/mol. The van der Waals surface area contributed by atoms with Crippen molar-refractivity contribution in [3.63, 3.8) is 0 Å². The number of amidine groups is 1. The Morgan fingerprint density at radius 2 is 1.70 bits per heavy atom. The Kier molecular flexibility index (Phi) is 4.98. The molecular formula is C23H18BrN5S. The topological polar surface area (TPSA) is 43.8 Å². The van der Waals surface area contributed by atoms with E-state index in [2.05, 4.69) is 34.0 Å². The molecule has 0 saturated carbocycles. The fraction of sp³-hybridized carbons (Fsp3) is 0.0435. The summed E-state index contributed by atoms with van der Waals surface area (Å²) in [5.74, 6) is 0.746. The lowest BCUT2D eigenvalue weighted by Gasteiger charge is -2.41. The van der Waals surface area contributed by atoms with Gasteiger partial charge < -0.3 is 0 Å². The Bertz CT molecular complexity index is 1190. The number of para-hydroxylation sites is 1. The van der Waals surface area contributed by atoms with Gasteiger partial charge in [-0.25, -0.2) is 15.0 Å². The number of hydrogen-bond donors (Lipinski definition) is 1. The molecule has 1 aliphatic heterocycles. The molecule has 5 nitrogen and oxygen atoms in total. The lowest BCUT2D eigenvalue weighted by Crippen LogP contribution is -2.59. The summed E-state index contributed by atoms with van der Waals surface area (Å²) >= 11 is 5.15. The van der Waals surface area contributed by atoms with E-state index in [-0.39, 0.29) is 6.17 Å². The lowest BCUT2D eigenvalue weighted by atomic mass is 10.2. The summed E-state index contributed by atoms with van der Waals surface area (Å²) in [5.41, 5.74) is 6.40. The first-order valence-electron chi connectivity index (χ1n) is 9.46. The third-order valence-corrected chi connectivity index (χ3v) is 6.35. The van der Waals surface area contributed by atoms with Gasteiger partial charge in [-0.1, -0.05) is 76.3 Å². The number of nitrogens with zero attached hydrogens (tertiary/aromatic N) is 4. The molecule has 148 valence electrons. The van der Waals surface area contributed by atoms with Crippen molar-refractivity contribution in [3.8, 4) is 0 Å². The van der Waals surface area contributed by atoms with Gasteiger partial charge in [0.25, 0.3) is 0 Å². The van der Waals surface area contributed by atoms with Crippen molar-refractivity contribution in [2.75, 3.05) is 10.0 Å². The van der Waals surface area contributed by atoms with Gasteiger partial charge in [-0.05, 0) is 42.5 Å². The quantitative estimate of drug-likeness (QED) is 0.380. The summed E-state index contributed by atoms with van der Waals surface area (Å²) in [6.07, 6.45) is 1.62. The normalized spacial score (nSPS) is 16.3. The summed E-state index contributed by atoms with van der Waals surface area (Å²) < 4.78 is 2.16. The third-order valence-electron chi connectivity index (χ3n) is 4.79. The van der Waals surface area contributed by atoms with Crippen molar-refractivity contribution in [3.05, 3.63) is 102 Å². The molecule has 0 aliphatic carbocycles. The summed E-state index contributed by atoms with van der Waals surface area (Å²) in [5, 5.41) is 9.76. The summed E-state index contributed by atoms with van der Waals surface area (Å²) in [6.45, 7) is 4.08. The second-order valence-corrected chi connectivity index (χ2v) is 8.66. The first kappa shape index (κ1) is 18.8. The number of aromatic nitrogens is 1. The highest BCUT2D eigenvalue weighted by Crippen LogP contribution is 2.33. The third kappa shape index (κ3) is 3.46. The molecule has 0 radical (unpaired) electrons. The Balaban J connectivity index is 1.64. The van der Waals surface area contributed by atoms with Crippen molar-refractivity contribution in [1.29, 1.82) is 0 Å². The van der Waals surface area contributed by atoms with E-state index in [1.165, 1.54) is 0 Å². The average Bonchev–Trinajstić information content (AvgIpc) is 3.23. The van der Waals surface area contributed by atoms with E-state index in [9.17, 15) is 0 Å². The molecule has 0 bridgehead atoms. The average molecular weight is 476 g/mol. The van der Waals surface area contributed by atoms with E-state index in [1.807, 2.05) is 88.9 Å². The van der Waals surface area contributed by atoms with Gasteiger partial charge in [0, 0.05) is 10.0 Å². The maximum Gasteiger partial charge on any atom is 0.207 e. The second kappa shape index (κ2) is 7.93. The zero-order valence-electron chi connectivity index (χ0n) is 15.9. The first-order chi connectivity index (χ1) is 14.7. The van der Waals surface area contributed by atoms with Gasteiger partial charge in [-0.2, -0.15) is 5.10 Å². The van der Waals surface area contributed by atoms with Crippen LogP contribution in [0.4, 0.5) is 10.8 Å². The van der Waals surface area contributed by atoms with Crippen LogP contribution in [0.1, 0.15) is 5.56 Å². The minimum absolute atomic E-state index is 0.251. The lowest BCUT2D eigenvalue weighted by molar-refractivity contribution is 0.591. The molecule has 30 heavy (non-hydrogen) atoms. The van der Waals surface area contributed by atoms with Crippen LogP contribution < -0.4 is 15.4 Å². The van der Waals surface area contributed by atoms with Crippen LogP contribution in [0.5, 0.6) is 0 Å². The number of halogens is 1. The van der Waals surface area contributed by atoms with Crippen molar-refractivity contribution < 1.29 is 0 Å². The van der Waals surface area contributed by atoms with Gasteiger partial charge in [0.2, 0.25) is 5.13 Å². The van der Waals surface area contributed by atoms with Crippen LogP contribution in [0.2, 0.25) is 0 Å². The van der Waals surface area contributed by atoms with E-state index in [4.69, 9.17) is 10.1 Å². The summed E-state index contributed by atoms with van der Waals surface area (Å²) in [4.78, 5) is 4.85. The predicted octanol–water partition coefficient (Wildman–Crippen LogP) is 5.76. The van der Waals surface area contributed by atoms with Crippen molar-refractivity contribution >= 4 is 54.1 Å². The Morgan fingerprint density at radius 1 is 0.967 bits per heavy atom. The molecule has 1 aromatic heterocycles. The minimum atomic E-state index is -0.251. The standard InChI is InChI=1S/C23H18BrN5S/c1-2-21-28(18-14-12-17(24)13-15-18)26-22(16-8-4-3-5-9-16)27-29(21)23-25-19-10-6-7-11-20(19)30-23/h2-15,21H,1H2,(H,26,27). The van der Waals surface area contributed by atoms with E-state index >= 15 is 0 Å². The van der Waals surface area contributed by atoms with Gasteiger partial charge in [0.15, 0.2) is 12.0 Å². The molecule has 0 fully saturated rings. The number of fused-ring (bicyclic) bond motifs is 1. The molecule has 0 amide bonds. The van der Waals surface area contributed by atoms with Crippen molar-refractivity contribution in [1.82, 2.24) is 10.4 Å². The highest BCUT2D eigenvalue weighted by atomic mass is 79.9. The highest BCUT2D eigenvalue weighted by Gasteiger charge is 2.32. The summed E-state index contributed by atoms with van der Waals surface area (Å²) in [7, 11) is 0. The molecule has 7 heteroatoms. The molecule has 3 aromatic carbocycles. The minimum Gasteiger partial charge on any atom is -0.275 e. The number of benzene rings is 3. The fourth-order valence-corrected chi connectivity index (χ4v) is 4.55. The van der Waals surface area contributed by atoms with E-state index in [0.29, 0.717) is 0 Å². The monoisotopic (exact) mass is 475 g/mol. The summed E-state index contributed by atoms with van der Waals surface area (Å²) in [6, 6.07) is 26.3. The maximum atomic E-state index is 4.92. The molecule has 1 unspecified atom stereocenters. The number of nitrogens with one attached hydrogen (secondary N) is 1. The van der Waals surface area contributed by atoms with E-state index in [0.717, 1.165) is 36.9 Å². The molecule has 0 spiro atoms. The van der Waals surface area contributed by atoms with Crippen LogP contribution in [-0.2, 0) is 0 Å². The SMILES string of the molecule is C=CC1N(c2ccc(Br)cc2)N=C(c2ccccc2)NN1c1nc2ccccc2s1. The number of hydrogen-bond acceptors (Lipinski definition) is 6. The van der Waals surface area contributed by atoms with Gasteiger partial charge in [0.05, 0.1) is 15.9 Å². The Morgan fingerprint density at radius 3 is 2.43 bits per heavy atom. The largest absolute Gasteiger partial charge is 0.275 e. The van der Waals surface area contributed by atoms with Crippen LogP contribution in [0, 0.1) is 0 Å². The zero-order valence-corrected chi connectivity index (χ0v) is 18.3. The molecule has 4 aromatic rings. The van der Waals surface area contributed by atoms with Crippen LogP contribution in [0.25, 0.3) is 10.2 Å². The first-order valence-corrected chi connectivity index (χ1v) is 11.1. The van der Waals surface area contributed by atoms with Gasteiger partial charge in [-0.15, -0.1) is 0 Å². The van der Waals surface area contributed by atoms with Crippen molar-refractivity contribution in [2.45, 2.75) is 6.17 Å². The van der Waals surface area contributed by atoms with Crippen LogP contribution >= 0.6 is 27.3 Å². The molecule has 5 rings (SSSR count). The van der Waals surface area contributed by atoms with Crippen LogP contribution in [0.3, 0.4) is 0 Å². The maximum absolute atomic E-state index is 4.92. The molecule has 2 heterocycles. The van der Waals surface area contributed by atoms with Gasteiger partial charge >= 0.3 is 0 Å². The zero-order chi connectivity index (χ0) is 20.5. The molecule has 1 aliphatic rings. The second-order valence-electron chi connectivity index (χ2n) is 6.73. The van der Waals surface area contributed by atoms with E-state index in [1.54, 1.807) is 11.3 Å². The molecule has 1 atom stereocenters. The number of thiazole rings is 1. The fourth-order valence-electron chi connectivity index (χ4n) is 3.33. The predicted molar refractivity (Wildman–Crippen MR) is 129 cm³/mol. The highest BCUT2D eigenvalue weighted by molar-refractivity contribution is 9.10. The Hall–Kier alpha value is -3.16. The molecule has 0 saturated heterocycles. The van der Waals surface area contributed by atoms with Crippen molar-refractivity contribution in [2.24, 2.45) is 5.10 Å². The Labute approximate surface area is 187 Å². The van der Waals surface area contributed by atoms with Gasteiger partial charge in [0.1, 0.15) is 0 Å². The number of rotatable bonds is 4. The van der Waals surface area contributed by atoms with Gasteiger partial charge in [-0.3, -0.25) is 5.43 Å². The van der Waals surface area contributed by atoms with E-state index < -0.39 is 0 Å². The number of hydrazine groups is 1. The van der Waals surface area contributed by atoms with Crippen LogP contribution in [-0.4, -0.2) is 17.0 Å². The smallest absolute Gasteiger partial charge is 0.207 e. The number of hydrazone groups is 1. The van der Waals surface area contributed by atoms with Crippen LogP contribution in [0.15, 0.2) is 101 Å². The molecule has 1 N–H and O–H groups in total. The number of anilines is 2.